The van der Waals surface area contributed by atoms with Crippen LogP contribution in [0.5, 0.6) is 5.75 Å². The summed E-state index contributed by atoms with van der Waals surface area (Å²) in [6, 6.07) is 0.107. The maximum absolute atomic E-state index is 6.29. The maximum atomic E-state index is 6.29. The topological polar surface area (TPSA) is 48.3 Å². The molecule has 5 nitrogen and oxygen atoms in total. The molecule has 0 saturated heterocycles. The SMILES string of the molecule is CCOC1(C(NC)c2c(OC)cnn2CC)CCCCC1. The summed E-state index contributed by atoms with van der Waals surface area (Å²) in [5.74, 6) is 0.848. The number of nitrogens with one attached hydrogen (secondary N) is 1. The average molecular weight is 295 g/mol. The Morgan fingerprint density at radius 2 is 2.05 bits per heavy atom. The van der Waals surface area contributed by atoms with E-state index in [0.29, 0.717) is 0 Å². The van der Waals surface area contributed by atoms with E-state index >= 15 is 0 Å². The van der Waals surface area contributed by atoms with Gasteiger partial charge in [0.2, 0.25) is 0 Å². The minimum Gasteiger partial charge on any atom is -0.493 e. The molecule has 120 valence electrons. The van der Waals surface area contributed by atoms with Crippen LogP contribution in [0.15, 0.2) is 6.20 Å². The van der Waals surface area contributed by atoms with Gasteiger partial charge in [-0.2, -0.15) is 5.10 Å². The summed E-state index contributed by atoms with van der Waals surface area (Å²) < 4.78 is 13.9. The number of nitrogens with zero attached hydrogens (tertiary/aromatic N) is 2. The van der Waals surface area contributed by atoms with Crippen LogP contribution in [0, 0.1) is 0 Å². The molecule has 0 bridgehead atoms. The molecule has 21 heavy (non-hydrogen) atoms. The van der Waals surface area contributed by atoms with Crippen LogP contribution in [0.1, 0.15) is 57.7 Å². The molecule has 1 fully saturated rings. The Morgan fingerprint density at radius 1 is 1.33 bits per heavy atom. The van der Waals surface area contributed by atoms with Crippen LogP contribution in [0.25, 0.3) is 0 Å². The lowest BCUT2D eigenvalue weighted by Crippen LogP contribution is -2.47. The van der Waals surface area contributed by atoms with Crippen molar-refractivity contribution in [1.82, 2.24) is 15.1 Å². The predicted octanol–water partition coefficient (Wildman–Crippen LogP) is 2.91. The Kier molecular flexibility index (Phi) is 5.65. The van der Waals surface area contributed by atoms with E-state index in [0.717, 1.165) is 37.4 Å². The summed E-state index contributed by atoms with van der Waals surface area (Å²) in [6.07, 6.45) is 7.73. The van der Waals surface area contributed by atoms with E-state index in [1.165, 1.54) is 19.3 Å². The Morgan fingerprint density at radius 3 is 2.57 bits per heavy atom. The number of rotatable bonds is 7. The molecular weight excluding hydrogens is 266 g/mol. The summed E-state index contributed by atoms with van der Waals surface area (Å²) in [5, 5.41) is 7.94. The molecule has 2 rings (SSSR count). The predicted molar refractivity (Wildman–Crippen MR) is 83.7 cm³/mol. The van der Waals surface area contributed by atoms with E-state index in [1.54, 1.807) is 7.11 Å². The van der Waals surface area contributed by atoms with E-state index in [9.17, 15) is 0 Å². The van der Waals surface area contributed by atoms with E-state index in [2.05, 4.69) is 24.3 Å². The molecule has 1 aromatic rings. The molecular formula is C16H29N3O2. The van der Waals surface area contributed by atoms with Crippen molar-refractivity contribution in [3.05, 3.63) is 11.9 Å². The number of aryl methyl sites for hydroxylation is 1. The number of likely N-dealkylation sites (N-methyl/N-ethyl adjacent to an activating group) is 1. The minimum atomic E-state index is -0.151. The summed E-state index contributed by atoms with van der Waals surface area (Å²) in [6.45, 7) is 5.76. The highest BCUT2D eigenvalue weighted by Crippen LogP contribution is 2.43. The Balaban J connectivity index is 2.42. The summed E-state index contributed by atoms with van der Waals surface area (Å²) in [7, 11) is 3.72. The van der Waals surface area contributed by atoms with Gasteiger partial charge in [-0.1, -0.05) is 19.3 Å². The van der Waals surface area contributed by atoms with Crippen molar-refractivity contribution >= 4 is 0 Å². The molecule has 1 heterocycles. The van der Waals surface area contributed by atoms with Crippen LogP contribution in [0.2, 0.25) is 0 Å². The standard InChI is InChI=1S/C16H29N3O2/c1-5-19-14(13(20-4)12-18-19)15(17-3)16(21-6-2)10-8-7-9-11-16/h12,15,17H,5-11H2,1-4H3. The largest absolute Gasteiger partial charge is 0.493 e. The van der Waals surface area contributed by atoms with Gasteiger partial charge in [-0.05, 0) is 33.7 Å². The second-order valence-electron chi connectivity index (χ2n) is 5.69. The molecule has 0 amide bonds. The van der Waals surface area contributed by atoms with Gasteiger partial charge in [0.25, 0.3) is 0 Å². The van der Waals surface area contributed by atoms with E-state index in [4.69, 9.17) is 9.47 Å². The van der Waals surface area contributed by atoms with Gasteiger partial charge in [0.1, 0.15) is 5.69 Å². The molecule has 0 aromatic carbocycles. The highest BCUT2D eigenvalue weighted by atomic mass is 16.5. The van der Waals surface area contributed by atoms with Gasteiger partial charge in [-0.3, -0.25) is 4.68 Å². The number of hydrogen-bond acceptors (Lipinski definition) is 4. The summed E-state index contributed by atoms with van der Waals surface area (Å²) in [4.78, 5) is 0. The quantitative estimate of drug-likeness (QED) is 0.840. The molecule has 1 atom stereocenters. The van der Waals surface area contributed by atoms with Gasteiger partial charge < -0.3 is 14.8 Å². The van der Waals surface area contributed by atoms with Crippen LogP contribution < -0.4 is 10.1 Å². The second kappa shape index (κ2) is 7.27. The molecule has 5 heteroatoms. The fraction of sp³-hybridized carbons (Fsp3) is 0.812. The lowest BCUT2D eigenvalue weighted by molar-refractivity contribution is -0.0918. The van der Waals surface area contributed by atoms with Crippen molar-refractivity contribution in [3.8, 4) is 5.75 Å². The molecule has 0 radical (unpaired) electrons. The minimum absolute atomic E-state index is 0.107. The van der Waals surface area contributed by atoms with E-state index < -0.39 is 0 Å². The smallest absolute Gasteiger partial charge is 0.161 e. The number of ether oxygens (including phenoxy) is 2. The number of aromatic nitrogens is 2. The Bertz CT molecular complexity index is 412. The number of methoxy groups -OCH3 is 1. The van der Waals surface area contributed by atoms with Gasteiger partial charge in [0, 0.05) is 13.2 Å². The van der Waals surface area contributed by atoms with Gasteiger partial charge in [0.05, 0.1) is 24.9 Å². The highest BCUT2D eigenvalue weighted by Gasteiger charge is 2.43. The first-order chi connectivity index (χ1) is 10.2. The fourth-order valence-electron chi connectivity index (χ4n) is 3.68. The molecule has 1 unspecified atom stereocenters. The zero-order valence-corrected chi connectivity index (χ0v) is 13.8. The zero-order chi connectivity index (χ0) is 15.3. The van der Waals surface area contributed by atoms with E-state index in [-0.39, 0.29) is 11.6 Å². The third kappa shape index (κ3) is 3.09. The fourth-order valence-corrected chi connectivity index (χ4v) is 3.68. The molecule has 0 spiro atoms. The van der Waals surface area contributed by atoms with Gasteiger partial charge in [0.15, 0.2) is 5.75 Å². The van der Waals surface area contributed by atoms with Gasteiger partial charge >= 0.3 is 0 Å². The number of hydrogen-bond donors (Lipinski definition) is 1. The summed E-state index contributed by atoms with van der Waals surface area (Å²) in [5.41, 5.74) is 0.958. The van der Waals surface area contributed by atoms with Crippen molar-refractivity contribution in [3.63, 3.8) is 0 Å². The first kappa shape index (κ1) is 16.3. The molecule has 1 N–H and O–H groups in total. The van der Waals surface area contributed by atoms with Crippen LogP contribution in [-0.4, -0.2) is 36.1 Å². The van der Waals surface area contributed by atoms with Crippen molar-refractivity contribution in [2.45, 2.75) is 64.1 Å². The van der Waals surface area contributed by atoms with Crippen molar-refractivity contribution in [1.29, 1.82) is 0 Å². The maximum Gasteiger partial charge on any atom is 0.161 e. The van der Waals surface area contributed by atoms with Gasteiger partial charge in [-0.15, -0.1) is 0 Å². The molecule has 0 aliphatic heterocycles. The van der Waals surface area contributed by atoms with E-state index in [1.807, 2.05) is 17.9 Å². The molecule has 1 aliphatic carbocycles. The molecule has 1 saturated carbocycles. The van der Waals surface area contributed by atoms with Gasteiger partial charge in [-0.25, -0.2) is 0 Å². The highest BCUT2D eigenvalue weighted by molar-refractivity contribution is 5.31. The van der Waals surface area contributed by atoms with Crippen LogP contribution in [0.4, 0.5) is 0 Å². The third-order valence-corrected chi connectivity index (χ3v) is 4.58. The Labute approximate surface area is 128 Å². The van der Waals surface area contributed by atoms with Crippen molar-refractivity contribution in [2.24, 2.45) is 0 Å². The van der Waals surface area contributed by atoms with Crippen molar-refractivity contribution < 1.29 is 9.47 Å². The lowest BCUT2D eigenvalue weighted by atomic mass is 9.77. The van der Waals surface area contributed by atoms with Crippen molar-refractivity contribution in [2.75, 3.05) is 20.8 Å². The molecule has 1 aromatic heterocycles. The first-order valence-corrected chi connectivity index (χ1v) is 8.13. The van der Waals surface area contributed by atoms with Crippen LogP contribution in [-0.2, 0) is 11.3 Å². The molecule has 1 aliphatic rings. The monoisotopic (exact) mass is 295 g/mol. The summed E-state index contributed by atoms with van der Waals surface area (Å²) >= 11 is 0. The second-order valence-corrected chi connectivity index (χ2v) is 5.69. The van der Waals surface area contributed by atoms with Crippen LogP contribution >= 0.6 is 0 Å². The third-order valence-electron chi connectivity index (χ3n) is 4.58. The zero-order valence-electron chi connectivity index (χ0n) is 13.8. The normalized spacial score (nSPS) is 19.4. The average Bonchev–Trinajstić information content (AvgIpc) is 2.92. The van der Waals surface area contributed by atoms with Crippen LogP contribution in [0.3, 0.4) is 0 Å². The first-order valence-electron chi connectivity index (χ1n) is 8.13. The Hall–Kier alpha value is -1.07. The lowest BCUT2D eigenvalue weighted by Gasteiger charge is -2.43.